The van der Waals surface area contributed by atoms with Crippen LogP contribution >= 0.6 is 0 Å². The fourth-order valence-corrected chi connectivity index (χ4v) is 11.0. The summed E-state index contributed by atoms with van der Waals surface area (Å²) in [6, 6.07) is 0.245. The Labute approximate surface area is 164 Å². The molecule has 1 unspecified atom stereocenters. The van der Waals surface area contributed by atoms with Gasteiger partial charge in [-0.1, -0.05) is 19.1 Å². The summed E-state index contributed by atoms with van der Waals surface area (Å²) >= 11 is 0. The topological polar surface area (TPSA) is 90.2 Å². The van der Waals surface area contributed by atoms with Crippen molar-refractivity contribution in [2.75, 3.05) is 6.54 Å². The monoisotopic (exact) mass is 387 g/mol. The zero-order chi connectivity index (χ0) is 19.6. The Kier molecular flexibility index (Phi) is 2.55. The minimum absolute atomic E-state index is 0.0237. The van der Waals surface area contributed by atoms with E-state index in [1.165, 1.54) is 6.92 Å². The van der Waals surface area contributed by atoms with Gasteiger partial charge in [0.15, 0.2) is 0 Å². The minimum atomic E-state index is -1.20. The lowest BCUT2D eigenvalue weighted by molar-refractivity contribution is -0.280. The van der Waals surface area contributed by atoms with E-state index in [1.807, 2.05) is 0 Å². The first-order valence-corrected chi connectivity index (χ1v) is 10.8. The molecule has 3 N–H and O–H groups in total. The number of carbonyl (C=O) groups is 1. The Balaban J connectivity index is 1.49. The quantitative estimate of drug-likeness (QED) is 0.447. The molecule has 6 heteroatoms. The number of hydrogen-bond donors (Lipinski definition) is 3. The second-order valence-electron chi connectivity index (χ2n) is 11.5. The number of carbonyl (C=O) groups excluding carboxylic acids is 1. The van der Waals surface area contributed by atoms with E-state index in [1.54, 1.807) is 0 Å². The van der Waals surface area contributed by atoms with Crippen molar-refractivity contribution >= 4 is 5.97 Å². The fourth-order valence-electron chi connectivity index (χ4n) is 11.0. The van der Waals surface area contributed by atoms with Crippen molar-refractivity contribution in [3.8, 4) is 0 Å². The predicted molar refractivity (Wildman–Crippen MR) is 97.9 cm³/mol. The standard InChI is InChI=1S/C22H29NO5/c1-9-4-20-7-12-15-19(3)5-11(28-10(2)24)6-21(15)16(20)14(25)13(9)17(26)22(20,27)18(21)23(12)8-19/h11-18,25-27H,1,4-8H2,2-3H3/t11-,12-,13-,14+,15+,16-,17-,18-,19-,20-,21-,22-/m0/s1. The molecule has 2 spiro atoms. The molecule has 9 aliphatic rings. The molecule has 9 bridgehead atoms. The molecule has 3 aliphatic heterocycles. The van der Waals surface area contributed by atoms with Crippen LogP contribution in [0, 0.1) is 34.0 Å². The van der Waals surface area contributed by atoms with Gasteiger partial charge in [-0.15, -0.1) is 0 Å². The molecule has 3 heterocycles. The molecule has 0 radical (unpaired) electrons. The number of fused-ring (bicyclic) bond motifs is 1. The lowest BCUT2D eigenvalue weighted by Crippen LogP contribution is -2.76. The van der Waals surface area contributed by atoms with E-state index in [2.05, 4.69) is 18.4 Å². The van der Waals surface area contributed by atoms with Crippen molar-refractivity contribution in [3.05, 3.63) is 12.2 Å². The van der Waals surface area contributed by atoms with Crippen LogP contribution in [-0.2, 0) is 9.53 Å². The van der Waals surface area contributed by atoms with E-state index in [0.29, 0.717) is 24.8 Å². The van der Waals surface area contributed by atoms with Gasteiger partial charge in [0, 0.05) is 48.2 Å². The molecule has 6 nitrogen and oxygen atoms in total. The third-order valence-electron chi connectivity index (χ3n) is 10.6. The molecule has 0 amide bonds. The number of hydrogen-bond acceptors (Lipinski definition) is 6. The van der Waals surface area contributed by atoms with Gasteiger partial charge in [-0.25, -0.2) is 0 Å². The van der Waals surface area contributed by atoms with E-state index in [4.69, 9.17) is 4.74 Å². The molecular formula is C22H29NO5. The van der Waals surface area contributed by atoms with Crippen LogP contribution in [0.2, 0.25) is 0 Å². The van der Waals surface area contributed by atoms with Crippen molar-refractivity contribution in [1.82, 2.24) is 4.90 Å². The highest BCUT2D eigenvalue weighted by Gasteiger charge is 2.94. The van der Waals surface area contributed by atoms with Gasteiger partial charge in [0.25, 0.3) is 0 Å². The van der Waals surface area contributed by atoms with Crippen LogP contribution in [0.25, 0.3) is 0 Å². The highest BCUT2D eigenvalue weighted by atomic mass is 16.5. The largest absolute Gasteiger partial charge is 0.463 e. The predicted octanol–water partition coefficient (Wildman–Crippen LogP) is 0.450. The minimum Gasteiger partial charge on any atom is -0.463 e. The number of esters is 1. The maximum atomic E-state index is 12.2. The summed E-state index contributed by atoms with van der Waals surface area (Å²) in [7, 11) is 0. The second-order valence-corrected chi connectivity index (χ2v) is 11.5. The summed E-state index contributed by atoms with van der Waals surface area (Å²) in [4.78, 5) is 14.3. The summed E-state index contributed by atoms with van der Waals surface area (Å²) in [5.74, 6) is -0.379. The first kappa shape index (κ1) is 16.8. The molecule has 28 heavy (non-hydrogen) atoms. The van der Waals surface area contributed by atoms with Gasteiger partial charge >= 0.3 is 5.97 Å². The Hall–Kier alpha value is -0.950. The number of piperidine rings is 2. The smallest absolute Gasteiger partial charge is 0.302 e. The van der Waals surface area contributed by atoms with E-state index in [9.17, 15) is 20.1 Å². The maximum absolute atomic E-state index is 12.2. The van der Waals surface area contributed by atoms with Crippen LogP contribution in [-0.4, -0.2) is 68.7 Å². The van der Waals surface area contributed by atoms with Crippen molar-refractivity contribution in [1.29, 1.82) is 0 Å². The molecule has 9 rings (SSSR count). The van der Waals surface area contributed by atoms with Gasteiger partial charge in [0.05, 0.1) is 12.2 Å². The molecule has 6 aliphatic carbocycles. The van der Waals surface area contributed by atoms with Crippen molar-refractivity contribution in [2.45, 2.75) is 75.5 Å². The Morgan fingerprint density at radius 3 is 2.71 bits per heavy atom. The van der Waals surface area contributed by atoms with Gasteiger partial charge < -0.3 is 20.1 Å². The summed E-state index contributed by atoms with van der Waals surface area (Å²) in [5.41, 5.74) is -1.07. The highest BCUT2D eigenvalue weighted by molar-refractivity contribution is 5.66. The number of nitrogens with zero attached hydrogens (tertiary/aromatic N) is 1. The van der Waals surface area contributed by atoms with E-state index < -0.39 is 29.1 Å². The van der Waals surface area contributed by atoms with Crippen LogP contribution in [0.4, 0.5) is 0 Å². The first-order chi connectivity index (χ1) is 13.1. The van der Waals surface area contributed by atoms with Crippen molar-refractivity contribution < 1.29 is 24.9 Å². The maximum Gasteiger partial charge on any atom is 0.302 e. The highest BCUT2D eigenvalue weighted by Crippen LogP contribution is 2.88. The van der Waals surface area contributed by atoms with Gasteiger partial charge in [-0.2, -0.15) is 0 Å². The molecule has 0 aromatic heterocycles. The second kappa shape index (κ2) is 4.25. The first-order valence-electron chi connectivity index (χ1n) is 10.8. The lowest BCUT2D eigenvalue weighted by Gasteiger charge is -2.67. The summed E-state index contributed by atoms with van der Waals surface area (Å²) < 4.78 is 5.75. The molecule has 0 aromatic rings. The Bertz CT molecular complexity index is 860. The third-order valence-corrected chi connectivity index (χ3v) is 10.6. The number of aliphatic hydroxyl groups excluding tert-OH is 2. The van der Waals surface area contributed by atoms with Gasteiger partial charge in [-0.3, -0.25) is 9.69 Å². The van der Waals surface area contributed by atoms with Gasteiger partial charge in [0.2, 0.25) is 0 Å². The van der Waals surface area contributed by atoms with Gasteiger partial charge in [-0.05, 0) is 37.0 Å². The van der Waals surface area contributed by atoms with Crippen LogP contribution < -0.4 is 0 Å². The van der Waals surface area contributed by atoms with E-state index in [0.717, 1.165) is 25.0 Å². The number of aliphatic hydroxyl groups is 3. The zero-order valence-electron chi connectivity index (χ0n) is 16.5. The molecule has 3 saturated heterocycles. The zero-order valence-corrected chi connectivity index (χ0v) is 16.5. The van der Waals surface area contributed by atoms with Crippen molar-refractivity contribution in [3.63, 3.8) is 0 Å². The fraction of sp³-hybridized carbons (Fsp3) is 0.864. The summed E-state index contributed by atoms with van der Waals surface area (Å²) in [5, 5.41) is 35.1. The SMILES string of the molecule is C=C1C[C@]23C[C@H]4[C@@H]5[C@@]6(C)C[C@H](OC(C)=O)C[C@@]57[C@H]2[C@H](O)[C@H]1[C@H](O)[C@]3(O)[C@H]7N4C6. The van der Waals surface area contributed by atoms with Crippen molar-refractivity contribution in [2.24, 2.45) is 34.0 Å². The molecule has 0 aromatic carbocycles. The summed E-state index contributed by atoms with van der Waals surface area (Å²) in [6.45, 7) is 8.85. The number of rotatable bonds is 1. The Morgan fingerprint density at radius 1 is 1.25 bits per heavy atom. The molecule has 13 atom stereocenters. The lowest BCUT2D eigenvalue weighted by atomic mass is 9.39. The average molecular weight is 387 g/mol. The molecule has 6 saturated carbocycles. The van der Waals surface area contributed by atoms with Gasteiger partial charge in [0.1, 0.15) is 11.7 Å². The molecule has 152 valence electrons. The number of ether oxygens (including phenoxy) is 1. The van der Waals surface area contributed by atoms with Crippen LogP contribution in [0.5, 0.6) is 0 Å². The third kappa shape index (κ3) is 1.26. The normalized spacial score (nSPS) is 69.3. The summed E-state index contributed by atoms with van der Waals surface area (Å²) in [6.07, 6.45) is 1.27. The van der Waals surface area contributed by atoms with E-state index in [-0.39, 0.29) is 34.9 Å². The van der Waals surface area contributed by atoms with E-state index >= 15 is 0 Å². The van der Waals surface area contributed by atoms with Crippen LogP contribution in [0.1, 0.15) is 39.5 Å². The van der Waals surface area contributed by atoms with Crippen LogP contribution in [0.3, 0.4) is 0 Å². The Morgan fingerprint density at radius 2 is 2.00 bits per heavy atom. The molecular weight excluding hydrogens is 358 g/mol. The molecule has 9 fully saturated rings. The average Bonchev–Trinajstić information content (AvgIpc) is 2.97. The van der Waals surface area contributed by atoms with Crippen LogP contribution in [0.15, 0.2) is 12.2 Å².